The highest BCUT2D eigenvalue weighted by molar-refractivity contribution is 5.94. The molecule has 1 aromatic rings. The van der Waals surface area contributed by atoms with Crippen molar-refractivity contribution in [3.63, 3.8) is 0 Å². The third kappa shape index (κ3) is 3.08. The van der Waals surface area contributed by atoms with E-state index in [0.29, 0.717) is 12.1 Å². The van der Waals surface area contributed by atoms with Gasteiger partial charge in [-0.05, 0) is 38.1 Å². The highest BCUT2D eigenvalue weighted by Crippen LogP contribution is 2.15. The molecule has 0 heterocycles. The van der Waals surface area contributed by atoms with E-state index >= 15 is 0 Å². The van der Waals surface area contributed by atoms with Gasteiger partial charge >= 0.3 is 5.97 Å². The number of benzene rings is 1. The van der Waals surface area contributed by atoms with E-state index in [9.17, 15) is 9.59 Å². The molecule has 0 saturated carbocycles. The summed E-state index contributed by atoms with van der Waals surface area (Å²) in [5.41, 5.74) is 1.45. The van der Waals surface area contributed by atoms with Crippen LogP contribution in [0.25, 0.3) is 0 Å². The fraction of sp³-hybridized carbons (Fsp3) is 0.333. The van der Waals surface area contributed by atoms with Gasteiger partial charge in [-0.25, -0.2) is 0 Å². The summed E-state index contributed by atoms with van der Waals surface area (Å²) >= 11 is 0. The van der Waals surface area contributed by atoms with Crippen molar-refractivity contribution in [3.8, 4) is 0 Å². The number of anilines is 1. The molecule has 0 fully saturated rings. The summed E-state index contributed by atoms with van der Waals surface area (Å²) in [5, 5.41) is 8.72. The molecule has 86 valence electrons. The molecule has 4 nitrogen and oxygen atoms in total. The first-order valence-electron chi connectivity index (χ1n) is 5.12. The lowest BCUT2D eigenvalue weighted by molar-refractivity contribution is -0.135. The zero-order chi connectivity index (χ0) is 12.1. The van der Waals surface area contributed by atoms with Crippen LogP contribution in [0.5, 0.6) is 0 Å². The first kappa shape index (κ1) is 12.2. The van der Waals surface area contributed by atoms with Crippen LogP contribution < -0.4 is 4.90 Å². The molecule has 1 N–H and O–H groups in total. The number of Topliss-reactive ketones (excluding diaryl/α,β-unsaturated/α-hetero) is 1. The zero-order valence-electron chi connectivity index (χ0n) is 9.43. The molecule has 0 aliphatic heterocycles. The maximum absolute atomic E-state index is 11.1. The number of nitrogens with zero attached hydrogens (tertiary/aromatic N) is 1. The molecule has 1 rings (SSSR count). The lowest BCUT2D eigenvalue weighted by Gasteiger charge is -2.20. The molecule has 0 aliphatic rings. The van der Waals surface area contributed by atoms with E-state index in [-0.39, 0.29) is 12.3 Å². The standard InChI is InChI=1S/C12H15NO3/c1-3-13(8-12(15)16)11-6-4-10(5-7-11)9(2)14/h4-7H,3,8H2,1-2H3,(H,15,16). The SMILES string of the molecule is CCN(CC(=O)O)c1ccc(C(C)=O)cc1. The van der Waals surface area contributed by atoms with Crippen molar-refractivity contribution >= 4 is 17.4 Å². The molecule has 0 saturated heterocycles. The zero-order valence-corrected chi connectivity index (χ0v) is 9.43. The summed E-state index contributed by atoms with van der Waals surface area (Å²) in [6, 6.07) is 6.96. The van der Waals surface area contributed by atoms with E-state index in [1.54, 1.807) is 29.2 Å². The summed E-state index contributed by atoms with van der Waals surface area (Å²) in [7, 11) is 0. The Kier molecular flexibility index (Phi) is 4.05. The van der Waals surface area contributed by atoms with Crippen LogP contribution in [0.15, 0.2) is 24.3 Å². The third-order valence-corrected chi connectivity index (χ3v) is 2.35. The predicted octanol–water partition coefficient (Wildman–Crippen LogP) is 1.80. The van der Waals surface area contributed by atoms with Crippen LogP contribution in [0, 0.1) is 0 Å². The average molecular weight is 221 g/mol. The van der Waals surface area contributed by atoms with E-state index in [1.165, 1.54) is 6.92 Å². The Bertz CT molecular complexity index is 384. The van der Waals surface area contributed by atoms with E-state index < -0.39 is 5.97 Å². The monoisotopic (exact) mass is 221 g/mol. The number of carboxylic acids is 1. The molecule has 0 radical (unpaired) electrons. The summed E-state index contributed by atoms with van der Waals surface area (Å²) in [4.78, 5) is 23.4. The molecule has 0 aromatic heterocycles. The molecule has 4 heteroatoms. The number of hydrogen-bond donors (Lipinski definition) is 1. The van der Waals surface area contributed by atoms with Gasteiger partial charge in [-0.1, -0.05) is 0 Å². The van der Waals surface area contributed by atoms with E-state index in [4.69, 9.17) is 5.11 Å². The van der Waals surface area contributed by atoms with E-state index in [1.807, 2.05) is 6.92 Å². The first-order chi connectivity index (χ1) is 7.54. The van der Waals surface area contributed by atoms with Crippen molar-refractivity contribution in [2.45, 2.75) is 13.8 Å². The van der Waals surface area contributed by atoms with Gasteiger partial charge in [0, 0.05) is 17.8 Å². The van der Waals surface area contributed by atoms with Gasteiger partial charge in [0.2, 0.25) is 0 Å². The lowest BCUT2D eigenvalue weighted by Crippen LogP contribution is -2.29. The molecule has 0 unspecified atom stereocenters. The van der Waals surface area contributed by atoms with Crippen LogP contribution in [0.1, 0.15) is 24.2 Å². The van der Waals surface area contributed by atoms with Crippen LogP contribution in [0.2, 0.25) is 0 Å². The quantitative estimate of drug-likeness (QED) is 0.770. The second-order valence-electron chi connectivity index (χ2n) is 3.51. The number of hydrogen-bond acceptors (Lipinski definition) is 3. The summed E-state index contributed by atoms with van der Waals surface area (Å²) in [6.45, 7) is 3.98. The van der Waals surface area contributed by atoms with Crippen molar-refractivity contribution in [1.29, 1.82) is 0 Å². The summed E-state index contributed by atoms with van der Waals surface area (Å²) in [5.74, 6) is -0.856. The molecular weight excluding hydrogens is 206 g/mol. The lowest BCUT2D eigenvalue weighted by atomic mass is 10.1. The summed E-state index contributed by atoms with van der Waals surface area (Å²) in [6.07, 6.45) is 0. The normalized spacial score (nSPS) is 9.88. The minimum absolute atomic E-state index is 0.00725. The third-order valence-electron chi connectivity index (χ3n) is 2.35. The van der Waals surface area contributed by atoms with Crippen LogP contribution in [-0.2, 0) is 4.79 Å². The Balaban J connectivity index is 2.86. The van der Waals surface area contributed by atoms with Gasteiger partial charge in [-0.2, -0.15) is 0 Å². The van der Waals surface area contributed by atoms with Gasteiger partial charge in [0.1, 0.15) is 6.54 Å². The van der Waals surface area contributed by atoms with Crippen LogP contribution in [0.3, 0.4) is 0 Å². The number of ketones is 1. The van der Waals surface area contributed by atoms with Crippen molar-refractivity contribution < 1.29 is 14.7 Å². The molecule has 0 bridgehead atoms. The van der Waals surface area contributed by atoms with Crippen LogP contribution >= 0.6 is 0 Å². The second-order valence-corrected chi connectivity index (χ2v) is 3.51. The number of rotatable bonds is 5. The minimum atomic E-state index is -0.863. The van der Waals surface area contributed by atoms with Crippen LogP contribution in [0.4, 0.5) is 5.69 Å². The van der Waals surface area contributed by atoms with Gasteiger partial charge < -0.3 is 10.0 Å². The van der Waals surface area contributed by atoms with Crippen LogP contribution in [-0.4, -0.2) is 29.9 Å². The molecule has 0 spiro atoms. The smallest absolute Gasteiger partial charge is 0.323 e. The number of carboxylic acid groups (broad SMARTS) is 1. The van der Waals surface area contributed by atoms with Gasteiger partial charge in [0.25, 0.3) is 0 Å². The highest BCUT2D eigenvalue weighted by atomic mass is 16.4. The Hall–Kier alpha value is -1.84. The van der Waals surface area contributed by atoms with Crippen molar-refractivity contribution in [2.75, 3.05) is 18.0 Å². The Morgan fingerprint density at radius 3 is 2.19 bits per heavy atom. The largest absolute Gasteiger partial charge is 0.480 e. The molecule has 0 amide bonds. The average Bonchev–Trinajstić information content (AvgIpc) is 2.25. The fourth-order valence-corrected chi connectivity index (χ4v) is 1.46. The molecular formula is C12H15NO3. The topological polar surface area (TPSA) is 57.6 Å². The molecule has 1 aromatic carbocycles. The number of carbonyl (C=O) groups excluding carboxylic acids is 1. The predicted molar refractivity (Wildman–Crippen MR) is 62.0 cm³/mol. The minimum Gasteiger partial charge on any atom is -0.480 e. The number of carbonyl (C=O) groups is 2. The summed E-state index contributed by atoms with van der Waals surface area (Å²) < 4.78 is 0. The van der Waals surface area contributed by atoms with Crippen molar-refractivity contribution in [1.82, 2.24) is 0 Å². The first-order valence-corrected chi connectivity index (χ1v) is 5.12. The molecule has 16 heavy (non-hydrogen) atoms. The Labute approximate surface area is 94.5 Å². The Morgan fingerprint density at radius 1 is 1.25 bits per heavy atom. The number of aliphatic carboxylic acids is 1. The van der Waals surface area contributed by atoms with Crippen molar-refractivity contribution in [2.24, 2.45) is 0 Å². The maximum atomic E-state index is 11.1. The second kappa shape index (κ2) is 5.30. The van der Waals surface area contributed by atoms with Gasteiger partial charge in [-0.15, -0.1) is 0 Å². The van der Waals surface area contributed by atoms with Gasteiger partial charge in [0.05, 0.1) is 0 Å². The van der Waals surface area contributed by atoms with Gasteiger partial charge in [0.15, 0.2) is 5.78 Å². The number of likely N-dealkylation sites (N-methyl/N-ethyl adjacent to an activating group) is 1. The van der Waals surface area contributed by atoms with E-state index in [0.717, 1.165) is 5.69 Å². The van der Waals surface area contributed by atoms with Gasteiger partial charge in [-0.3, -0.25) is 9.59 Å². The maximum Gasteiger partial charge on any atom is 0.323 e. The Morgan fingerprint density at radius 2 is 1.81 bits per heavy atom. The highest BCUT2D eigenvalue weighted by Gasteiger charge is 2.08. The molecule has 0 aliphatic carbocycles. The fourth-order valence-electron chi connectivity index (χ4n) is 1.46. The van der Waals surface area contributed by atoms with E-state index in [2.05, 4.69) is 0 Å². The molecule has 0 atom stereocenters. The van der Waals surface area contributed by atoms with Crippen molar-refractivity contribution in [3.05, 3.63) is 29.8 Å².